The molecule has 0 spiro atoms. The highest BCUT2D eigenvalue weighted by atomic mass is 19.1. The van der Waals surface area contributed by atoms with Gasteiger partial charge in [0.2, 0.25) is 11.9 Å². The molecule has 0 saturated heterocycles. The zero-order valence-corrected chi connectivity index (χ0v) is 15.6. The Labute approximate surface area is 161 Å². The van der Waals surface area contributed by atoms with Gasteiger partial charge in [-0.25, -0.2) is 8.78 Å². The van der Waals surface area contributed by atoms with Gasteiger partial charge < -0.3 is 10.6 Å². The van der Waals surface area contributed by atoms with E-state index >= 15 is 0 Å². The standard InChI is InChI=1S/C19H21F2N7/c1-3-16-23-18(22-10(2)13-7-6-12(20)8-14(13)21)26-19(24-16)25-17-9-15(27-28-17)11-4-5-11/h6-11H,3-5H2,1-2H3,(H3,22,23,24,25,26,27,28)/t10-/m1/s1. The topological polar surface area (TPSA) is 91.4 Å². The fourth-order valence-electron chi connectivity index (χ4n) is 2.94. The number of anilines is 3. The van der Waals surface area contributed by atoms with Gasteiger partial charge >= 0.3 is 0 Å². The van der Waals surface area contributed by atoms with Gasteiger partial charge in [0.05, 0.1) is 6.04 Å². The second-order valence-corrected chi connectivity index (χ2v) is 6.89. The predicted molar refractivity (Wildman–Crippen MR) is 101 cm³/mol. The molecule has 1 aliphatic rings. The molecule has 0 radical (unpaired) electrons. The van der Waals surface area contributed by atoms with E-state index in [1.165, 1.54) is 25.0 Å². The summed E-state index contributed by atoms with van der Waals surface area (Å²) >= 11 is 0. The second-order valence-electron chi connectivity index (χ2n) is 6.89. The minimum atomic E-state index is -0.618. The summed E-state index contributed by atoms with van der Waals surface area (Å²) in [4.78, 5) is 13.1. The summed E-state index contributed by atoms with van der Waals surface area (Å²) in [7, 11) is 0. The molecule has 0 aliphatic heterocycles. The molecule has 1 aromatic carbocycles. The van der Waals surface area contributed by atoms with Gasteiger partial charge in [-0.1, -0.05) is 13.0 Å². The van der Waals surface area contributed by atoms with Gasteiger partial charge in [0.1, 0.15) is 17.5 Å². The van der Waals surface area contributed by atoms with E-state index in [4.69, 9.17) is 0 Å². The average molecular weight is 385 g/mol. The van der Waals surface area contributed by atoms with E-state index in [1.807, 2.05) is 13.0 Å². The highest BCUT2D eigenvalue weighted by molar-refractivity contribution is 5.50. The number of aromatic amines is 1. The first-order valence-electron chi connectivity index (χ1n) is 9.30. The monoisotopic (exact) mass is 385 g/mol. The maximum atomic E-state index is 14.0. The Hall–Kier alpha value is -3.10. The van der Waals surface area contributed by atoms with Gasteiger partial charge in [0.25, 0.3) is 0 Å². The molecule has 7 nitrogen and oxygen atoms in total. The smallest absolute Gasteiger partial charge is 0.233 e. The van der Waals surface area contributed by atoms with E-state index in [-0.39, 0.29) is 0 Å². The number of aromatic nitrogens is 5. The van der Waals surface area contributed by atoms with Gasteiger partial charge in [-0.3, -0.25) is 5.10 Å². The number of nitrogens with zero attached hydrogens (tertiary/aromatic N) is 4. The molecule has 0 bridgehead atoms. The lowest BCUT2D eigenvalue weighted by Crippen LogP contribution is -2.14. The van der Waals surface area contributed by atoms with Crippen molar-refractivity contribution in [1.82, 2.24) is 25.1 Å². The number of benzene rings is 1. The minimum Gasteiger partial charge on any atom is -0.347 e. The lowest BCUT2D eigenvalue weighted by Gasteiger charge is -2.16. The van der Waals surface area contributed by atoms with Crippen LogP contribution in [0, 0.1) is 11.6 Å². The van der Waals surface area contributed by atoms with E-state index in [0.717, 1.165) is 11.8 Å². The van der Waals surface area contributed by atoms with Crippen LogP contribution in [0.1, 0.15) is 55.7 Å². The Morgan fingerprint density at radius 1 is 1.14 bits per heavy atom. The Kier molecular flexibility index (Phi) is 4.89. The third-order valence-corrected chi connectivity index (χ3v) is 4.63. The minimum absolute atomic E-state index is 0.309. The van der Waals surface area contributed by atoms with Crippen molar-refractivity contribution >= 4 is 17.7 Å². The molecule has 2 aromatic heterocycles. The van der Waals surface area contributed by atoms with Crippen molar-refractivity contribution in [2.75, 3.05) is 10.6 Å². The van der Waals surface area contributed by atoms with Gasteiger partial charge in [0, 0.05) is 35.7 Å². The van der Waals surface area contributed by atoms with Gasteiger partial charge in [-0.15, -0.1) is 0 Å². The number of halogens is 2. The highest BCUT2D eigenvalue weighted by Gasteiger charge is 2.25. The largest absolute Gasteiger partial charge is 0.347 e. The van der Waals surface area contributed by atoms with Crippen molar-refractivity contribution in [3.8, 4) is 0 Å². The second kappa shape index (κ2) is 7.49. The lowest BCUT2D eigenvalue weighted by atomic mass is 10.1. The van der Waals surface area contributed by atoms with E-state index in [9.17, 15) is 8.78 Å². The van der Waals surface area contributed by atoms with Crippen LogP contribution in [-0.2, 0) is 6.42 Å². The van der Waals surface area contributed by atoms with Crippen molar-refractivity contribution in [2.45, 2.75) is 45.1 Å². The van der Waals surface area contributed by atoms with E-state index in [2.05, 4.69) is 35.8 Å². The van der Waals surface area contributed by atoms with Gasteiger partial charge in [-0.2, -0.15) is 20.1 Å². The molecular formula is C19H21F2N7. The maximum Gasteiger partial charge on any atom is 0.233 e. The molecule has 1 aliphatic carbocycles. The summed E-state index contributed by atoms with van der Waals surface area (Å²) < 4.78 is 27.2. The number of nitrogens with one attached hydrogen (secondary N) is 3. The van der Waals surface area contributed by atoms with Gasteiger partial charge in [-0.05, 0) is 25.8 Å². The molecular weight excluding hydrogens is 364 g/mol. The summed E-state index contributed by atoms with van der Waals surface area (Å²) in [6.45, 7) is 3.69. The van der Waals surface area contributed by atoms with Crippen LogP contribution in [0.3, 0.4) is 0 Å². The Morgan fingerprint density at radius 3 is 2.64 bits per heavy atom. The van der Waals surface area contributed by atoms with Crippen molar-refractivity contribution < 1.29 is 8.78 Å². The zero-order valence-electron chi connectivity index (χ0n) is 15.6. The molecule has 28 heavy (non-hydrogen) atoms. The van der Waals surface area contributed by atoms with E-state index < -0.39 is 17.7 Å². The molecule has 2 heterocycles. The SMILES string of the molecule is CCc1nc(Nc2cc(C3CC3)[nH]n2)nc(N[C@H](C)c2ccc(F)cc2F)n1. The fourth-order valence-corrected chi connectivity index (χ4v) is 2.94. The Morgan fingerprint density at radius 2 is 1.93 bits per heavy atom. The lowest BCUT2D eigenvalue weighted by molar-refractivity contribution is 0.566. The fraction of sp³-hybridized carbons (Fsp3) is 0.368. The summed E-state index contributed by atoms with van der Waals surface area (Å²) in [6.07, 6.45) is 2.97. The Bertz CT molecular complexity index is 984. The molecule has 146 valence electrons. The molecule has 0 amide bonds. The first kappa shape index (κ1) is 18.3. The molecule has 3 N–H and O–H groups in total. The summed E-state index contributed by atoms with van der Waals surface area (Å²) in [5.41, 5.74) is 1.43. The predicted octanol–water partition coefficient (Wildman–Crippen LogP) is 4.23. The van der Waals surface area contributed by atoms with E-state index in [0.29, 0.717) is 41.4 Å². The molecule has 1 atom stereocenters. The van der Waals surface area contributed by atoms with Crippen LogP contribution in [0.5, 0.6) is 0 Å². The van der Waals surface area contributed by atoms with Crippen LogP contribution in [0.2, 0.25) is 0 Å². The molecule has 4 rings (SSSR count). The van der Waals surface area contributed by atoms with Crippen LogP contribution in [0.4, 0.5) is 26.5 Å². The molecule has 3 aromatic rings. The quantitative estimate of drug-likeness (QED) is 0.564. The third kappa shape index (κ3) is 4.08. The summed E-state index contributed by atoms with van der Waals surface area (Å²) in [5, 5.41) is 13.4. The number of hydrogen-bond donors (Lipinski definition) is 3. The summed E-state index contributed by atoms with van der Waals surface area (Å²) in [6, 6.07) is 5.00. The highest BCUT2D eigenvalue weighted by Crippen LogP contribution is 2.39. The Balaban J connectivity index is 1.53. The maximum absolute atomic E-state index is 14.0. The van der Waals surface area contributed by atoms with Gasteiger partial charge in [0.15, 0.2) is 5.82 Å². The van der Waals surface area contributed by atoms with Crippen molar-refractivity contribution in [1.29, 1.82) is 0 Å². The first-order chi connectivity index (χ1) is 13.5. The number of hydrogen-bond acceptors (Lipinski definition) is 6. The van der Waals surface area contributed by atoms with Crippen LogP contribution < -0.4 is 10.6 Å². The first-order valence-corrected chi connectivity index (χ1v) is 9.30. The van der Waals surface area contributed by atoms with Crippen LogP contribution in [-0.4, -0.2) is 25.1 Å². The molecule has 1 fully saturated rings. The third-order valence-electron chi connectivity index (χ3n) is 4.63. The van der Waals surface area contributed by atoms with Crippen molar-refractivity contribution in [2.24, 2.45) is 0 Å². The van der Waals surface area contributed by atoms with Crippen LogP contribution >= 0.6 is 0 Å². The number of H-pyrrole nitrogens is 1. The van der Waals surface area contributed by atoms with Crippen LogP contribution in [0.25, 0.3) is 0 Å². The van der Waals surface area contributed by atoms with Crippen molar-refractivity contribution in [3.05, 3.63) is 53.0 Å². The van der Waals surface area contributed by atoms with Crippen molar-refractivity contribution in [3.63, 3.8) is 0 Å². The summed E-state index contributed by atoms with van der Waals surface area (Å²) in [5.74, 6) is 1.23. The normalized spacial score (nSPS) is 14.7. The average Bonchev–Trinajstić information content (AvgIpc) is 3.41. The molecule has 0 unspecified atom stereocenters. The van der Waals surface area contributed by atoms with Crippen LogP contribution in [0.15, 0.2) is 24.3 Å². The number of rotatable bonds is 7. The molecule has 9 heteroatoms. The number of aryl methyl sites for hydroxylation is 1. The van der Waals surface area contributed by atoms with E-state index in [1.54, 1.807) is 6.92 Å². The zero-order chi connectivity index (χ0) is 19.7. The molecule has 1 saturated carbocycles.